The van der Waals surface area contributed by atoms with Crippen LogP contribution in [0.3, 0.4) is 0 Å². The highest BCUT2D eigenvalue weighted by atomic mass is 16.3. The minimum Gasteiger partial charge on any atom is -0.472 e. The molecule has 4 heteroatoms. The summed E-state index contributed by atoms with van der Waals surface area (Å²) in [4.78, 5) is 12.3. The molecule has 1 saturated carbocycles. The fraction of sp³-hybridized carbons (Fsp3) is 0.353. The van der Waals surface area contributed by atoms with Crippen LogP contribution < -0.4 is 5.32 Å². The third-order valence-electron chi connectivity index (χ3n) is 4.01. The summed E-state index contributed by atoms with van der Waals surface area (Å²) in [6.07, 6.45) is 6.29. The molecule has 0 atom stereocenters. The van der Waals surface area contributed by atoms with Gasteiger partial charge in [-0.3, -0.25) is 4.79 Å². The van der Waals surface area contributed by atoms with Crippen molar-refractivity contribution >= 4 is 5.91 Å². The summed E-state index contributed by atoms with van der Waals surface area (Å²) in [5.41, 5.74) is 2.58. The van der Waals surface area contributed by atoms with Crippen molar-refractivity contribution < 1.29 is 14.3 Å². The maximum absolute atomic E-state index is 12.3. The maximum atomic E-state index is 12.3. The van der Waals surface area contributed by atoms with Gasteiger partial charge in [-0.1, -0.05) is 12.1 Å². The molecule has 2 aromatic rings. The zero-order valence-electron chi connectivity index (χ0n) is 11.8. The predicted molar refractivity (Wildman–Crippen MR) is 79.9 cm³/mol. The van der Waals surface area contributed by atoms with Crippen molar-refractivity contribution in [1.29, 1.82) is 0 Å². The van der Waals surface area contributed by atoms with Crippen LogP contribution in [0, 0.1) is 0 Å². The molecule has 1 amide bonds. The van der Waals surface area contributed by atoms with E-state index in [4.69, 9.17) is 4.42 Å². The van der Waals surface area contributed by atoms with E-state index in [-0.39, 0.29) is 18.1 Å². The monoisotopic (exact) mass is 285 g/mol. The number of carbonyl (C=O) groups excluding carboxylic acids is 1. The number of amides is 1. The van der Waals surface area contributed by atoms with Gasteiger partial charge in [-0.15, -0.1) is 0 Å². The normalized spacial score (nSPS) is 22.0. The number of hydrogen-bond donors (Lipinski definition) is 2. The summed E-state index contributed by atoms with van der Waals surface area (Å²) < 4.78 is 5.08. The Morgan fingerprint density at radius 3 is 2.67 bits per heavy atom. The third-order valence-corrected chi connectivity index (χ3v) is 4.01. The van der Waals surface area contributed by atoms with Gasteiger partial charge in [0.25, 0.3) is 5.91 Å². The van der Waals surface area contributed by atoms with E-state index in [0.29, 0.717) is 5.56 Å². The first-order chi connectivity index (χ1) is 10.2. The number of benzene rings is 1. The van der Waals surface area contributed by atoms with E-state index in [0.717, 1.165) is 36.8 Å². The Balaban J connectivity index is 1.69. The average molecular weight is 285 g/mol. The highest BCUT2D eigenvalue weighted by molar-refractivity contribution is 5.95. The summed E-state index contributed by atoms with van der Waals surface area (Å²) >= 11 is 0. The van der Waals surface area contributed by atoms with Crippen LogP contribution in [0.1, 0.15) is 36.0 Å². The van der Waals surface area contributed by atoms with Gasteiger partial charge in [0.05, 0.1) is 18.6 Å². The SMILES string of the molecule is O=C(NC1CCC(O)CC1)c1cccc(-c2ccoc2)c1. The van der Waals surface area contributed by atoms with Crippen molar-refractivity contribution in [3.05, 3.63) is 48.4 Å². The topological polar surface area (TPSA) is 62.5 Å². The number of hydrogen-bond acceptors (Lipinski definition) is 3. The first-order valence-electron chi connectivity index (χ1n) is 7.34. The minimum absolute atomic E-state index is 0.0539. The van der Waals surface area contributed by atoms with E-state index in [9.17, 15) is 9.90 Å². The van der Waals surface area contributed by atoms with E-state index < -0.39 is 0 Å². The molecule has 0 unspecified atom stereocenters. The van der Waals surface area contributed by atoms with Crippen LogP contribution in [0.25, 0.3) is 11.1 Å². The Morgan fingerprint density at radius 1 is 1.14 bits per heavy atom. The van der Waals surface area contributed by atoms with Crippen molar-refractivity contribution in [3.8, 4) is 11.1 Å². The van der Waals surface area contributed by atoms with Crippen molar-refractivity contribution in [1.82, 2.24) is 5.32 Å². The summed E-state index contributed by atoms with van der Waals surface area (Å²) in [6.45, 7) is 0. The predicted octanol–water partition coefficient (Wildman–Crippen LogP) is 2.98. The lowest BCUT2D eigenvalue weighted by Gasteiger charge is -2.26. The fourth-order valence-corrected chi connectivity index (χ4v) is 2.76. The molecule has 0 saturated heterocycles. The smallest absolute Gasteiger partial charge is 0.251 e. The van der Waals surface area contributed by atoms with Gasteiger partial charge in [-0.2, -0.15) is 0 Å². The molecular formula is C17H19NO3. The minimum atomic E-state index is -0.206. The van der Waals surface area contributed by atoms with Gasteiger partial charge in [0, 0.05) is 17.2 Å². The van der Waals surface area contributed by atoms with Gasteiger partial charge in [0.15, 0.2) is 0 Å². The molecule has 1 aromatic heterocycles. The molecule has 21 heavy (non-hydrogen) atoms. The van der Waals surface area contributed by atoms with Crippen LogP contribution in [-0.4, -0.2) is 23.2 Å². The van der Waals surface area contributed by atoms with Crippen LogP contribution in [0.15, 0.2) is 47.3 Å². The number of furan rings is 1. The molecule has 1 aromatic carbocycles. The number of carbonyl (C=O) groups is 1. The van der Waals surface area contributed by atoms with Crippen LogP contribution in [0.4, 0.5) is 0 Å². The molecule has 0 bridgehead atoms. The molecule has 4 nitrogen and oxygen atoms in total. The van der Waals surface area contributed by atoms with Crippen LogP contribution in [-0.2, 0) is 0 Å². The maximum Gasteiger partial charge on any atom is 0.251 e. The van der Waals surface area contributed by atoms with Gasteiger partial charge in [-0.05, 0) is 49.4 Å². The van der Waals surface area contributed by atoms with Gasteiger partial charge in [-0.25, -0.2) is 0 Å². The Bertz CT molecular complexity index is 598. The zero-order chi connectivity index (χ0) is 14.7. The summed E-state index contributed by atoms with van der Waals surface area (Å²) in [6, 6.07) is 9.56. The molecule has 3 rings (SSSR count). The zero-order valence-corrected chi connectivity index (χ0v) is 11.8. The number of nitrogens with one attached hydrogen (secondary N) is 1. The van der Waals surface area contributed by atoms with Crippen molar-refractivity contribution in [3.63, 3.8) is 0 Å². The quantitative estimate of drug-likeness (QED) is 0.911. The first kappa shape index (κ1) is 13.9. The van der Waals surface area contributed by atoms with E-state index in [2.05, 4.69) is 5.32 Å². The standard InChI is InChI=1S/C17H19NO3/c19-16-6-4-15(5-7-16)18-17(20)13-3-1-2-12(10-13)14-8-9-21-11-14/h1-3,8-11,15-16,19H,4-7H2,(H,18,20). The molecule has 110 valence electrons. The van der Waals surface area contributed by atoms with E-state index in [1.807, 2.05) is 30.3 Å². The second-order valence-electron chi connectivity index (χ2n) is 5.57. The molecule has 0 radical (unpaired) electrons. The highest BCUT2D eigenvalue weighted by Crippen LogP contribution is 2.22. The largest absolute Gasteiger partial charge is 0.472 e. The van der Waals surface area contributed by atoms with Gasteiger partial charge < -0.3 is 14.8 Å². The van der Waals surface area contributed by atoms with Crippen LogP contribution >= 0.6 is 0 Å². The number of aliphatic hydroxyl groups excluding tert-OH is 1. The summed E-state index contributed by atoms with van der Waals surface area (Å²) in [7, 11) is 0. The fourth-order valence-electron chi connectivity index (χ4n) is 2.76. The van der Waals surface area contributed by atoms with Crippen molar-refractivity contribution in [2.75, 3.05) is 0 Å². The van der Waals surface area contributed by atoms with E-state index >= 15 is 0 Å². The number of aliphatic hydroxyl groups is 1. The lowest BCUT2D eigenvalue weighted by Crippen LogP contribution is -2.38. The molecule has 1 aliphatic rings. The van der Waals surface area contributed by atoms with Gasteiger partial charge >= 0.3 is 0 Å². The second-order valence-corrected chi connectivity index (χ2v) is 5.57. The van der Waals surface area contributed by atoms with E-state index in [1.54, 1.807) is 12.5 Å². The lowest BCUT2D eigenvalue weighted by atomic mass is 9.93. The summed E-state index contributed by atoms with van der Waals surface area (Å²) in [5.74, 6) is -0.0539. The molecule has 1 fully saturated rings. The number of rotatable bonds is 3. The van der Waals surface area contributed by atoms with Crippen molar-refractivity contribution in [2.24, 2.45) is 0 Å². The first-order valence-corrected chi connectivity index (χ1v) is 7.34. The molecule has 1 aliphatic carbocycles. The molecular weight excluding hydrogens is 266 g/mol. The Labute approximate surface area is 123 Å². The summed E-state index contributed by atoms with van der Waals surface area (Å²) in [5, 5.41) is 12.6. The lowest BCUT2D eigenvalue weighted by molar-refractivity contribution is 0.0867. The van der Waals surface area contributed by atoms with Crippen molar-refractivity contribution in [2.45, 2.75) is 37.8 Å². The van der Waals surface area contributed by atoms with Crippen LogP contribution in [0.2, 0.25) is 0 Å². The van der Waals surface area contributed by atoms with Crippen LogP contribution in [0.5, 0.6) is 0 Å². The Hall–Kier alpha value is -2.07. The average Bonchev–Trinajstić information content (AvgIpc) is 3.04. The Kier molecular flexibility index (Phi) is 4.06. The molecule has 0 aliphatic heterocycles. The third kappa shape index (κ3) is 3.34. The highest BCUT2D eigenvalue weighted by Gasteiger charge is 2.21. The van der Waals surface area contributed by atoms with Gasteiger partial charge in [0.2, 0.25) is 0 Å². The van der Waals surface area contributed by atoms with E-state index in [1.165, 1.54) is 0 Å². The molecule has 2 N–H and O–H groups in total. The van der Waals surface area contributed by atoms with Gasteiger partial charge in [0.1, 0.15) is 0 Å². The molecule has 0 spiro atoms. The molecule has 1 heterocycles. The Morgan fingerprint density at radius 2 is 1.95 bits per heavy atom. The second kappa shape index (κ2) is 6.14.